The van der Waals surface area contributed by atoms with Crippen molar-refractivity contribution in [1.82, 2.24) is 30.0 Å². The second-order valence-corrected chi connectivity index (χ2v) is 9.17. The Morgan fingerprint density at radius 1 is 1.06 bits per heavy atom. The van der Waals surface area contributed by atoms with Crippen molar-refractivity contribution in [3.63, 3.8) is 0 Å². The molecule has 0 saturated carbocycles. The average Bonchev–Trinajstić information content (AvgIpc) is 3.40. The van der Waals surface area contributed by atoms with Gasteiger partial charge in [-0.3, -0.25) is 4.98 Å². The molecule has 0 aliphatic carbocycles. The first-order valence-corrected chi connectivity index (χ1v) is 12.0. The fourth-order valence-electron chi connectivity index (χ4n) is 4.46. The first-order valence-electron chi connectivity index (χ1n) is 12.0. The molecule has 0 amide bonds. The normalized spacial score (nSPS) is 15.4. The van der Waals surface area contributed by atoms with Crippen LogP contribution in [0.1, 0.15) is 12.0 Å². The molecule has 1 atom stereocenters. The Balaban J connectivity index is 1.34. The molecular weight excluding hydrogens is 452 g/mol. The van der Waals surface area contributed by atoms with Gasteiger partial charge in [0, 0.05) is 37.1 Å². The summed E-state index contributed by atoms with van der Waals surface area (Å²) in [4.78, 5) is 18.2. The molecule has 5 rings (SSSR count). The molecule has 0 radical (unpaired) electrons. The summed E-state index contributed by atoms with van der Waals surface area (Å²) < 4.78 is 5.61. The van der Waals surface area contributed by atoms with Crippen LogP contribution in [0.4, 0.5) is 17.3 Å². The lowest BCUT2D eigenvalue weighted by Crippen LogP contribution is -2.31. The SMILES string of the molecule is COc1nc(Nc2cncc(N3CC[C@H](N(C)C)C3)c2)ncc1-c1ccc(-c2nnccc2C)cc1. The lowest BCUT2D eigenvalue weighted by Gasteiger charge is -2.22. The van der Waals surface area contributed by atoms with Crippen molar-refractivity contribution < 1.29 is 4.74 Å². The standard InChI is InChI=1S/C27H30N8O/c1-18-9-11-30-33-25(18)20-7-5-19(6-8-20)24-16-29-27(32-26(24)36-4)31-21-13-23(15-28-14-21)35-12-10-22(17-35)34(2)3/h5-9,11,13-16,22H,10,12,17H2,1-4H3,(H,29,31,32)/t22-/m0/s1. The van der Waals surface area contributed by atoms with Crippen LogP contribution < -0.4 is 15.0 Å². The molecule has 0 unspecified atom stereocenters. The Labute approximate surface area is 211 Å². The van der Waals surface area contributed by atoms with E-state index in [1.807, 2.05) is 43.5 Å². The number of nitrogens with one attached hydrogen (secondary N) is 1. The molecule has 0 bridgehead atoms. The quantitative estimate of drug-likeness (QED) is 0.416. The Kier molecular flexibility index (Phi) is 6.73. The molecule has 1 saturated heterocycles. The first-order chi connectivity index (χ1) is 17.5. The van der Waals surface area contributed by atoms with Crippen LogP contribution in [0.25, 0.3) is 22.4 Å². The number of pyridine rings is 1. The van der Waals surface area contributed by atoms with Gasteiger partial charge >= 0.3 is 0 Å². The summed E-state index contributed by atoms with van der Waals surface area (Å²) in [5.74, 6) is 0.947. The number of hydrogen-bond acceptors (Lipinski definition) is 9. The summed E-state index contributed by atoms with van der Waals surface area (Å²) in [5.41, 5.74) is 6.64. The average molecular weight is 483 g/mol. The van der Waals surface area contributed by atoms with E-state index in [4.69, 9.17) is 4.74 Å². The molecular formula is C27H30N8O. The summed E-state index contributed by atoms with van der Waals surface area (Å²) in [6, 6.07) is 12.7. The second-order valence-electron chi connectivity index (χ2n) is 9.17. The van der Waals surface area contributed by atoms with Crippen LogP contribution in [0.5, 0.6) is 5.88 Å². The van der Waals surface area contributed by atoms with Gasteiger partial charge in [0.1, 0.15) is 0 Å². The summed E-state index contributed by atoms with van der Waals surface area (Å²) in [5, 5.41) is 11.5. The van der Waals surface area contributed by atoms with Crippen molar-refractivity contribution in [3.8, 4) is 28.3 Å². The Morgan fingerprint density at radius 3 is 2.58 bits per heavy atom. The lowest BCUT2D eigenvalue weighted by atomic mass is 10.0. The number of hydrogen-bond donors (Lipinski definition) is 1. The fraction of sp³-hybridized carbons (Fsp3) is 0.296. The van der Waals surface area contributed by atoms with Crippen LogP contribution in [-0.2, 0) is 0 Å². The van der Waals surface area contributed by atoms with E-state index >= 15 is 0 Å². The highest BCUT2D eigenvalue weighted by Gasteiger charge is 2.24. The monoisotopic (exact) mass is 482 g/mol. The molecule has 4 heterocycles. The molecule has 1 fully saturated rings. The maximum Gasteiger partial charge on any atom is 0.230 e. The highest BCUT2D eigenvalue weighted by Crippen LogP contribution is 2.31. The largest absolute Gasteiger partial charge is 0.480 e. The number of nitrogens with zero attached hydrogens (tertiary/aromatic N) is 7. The number of likely N-dealkylation sites (N-methyl/N-ethyl adjacent to an activating group) is 1. The highest BCUT2D eigenvalue weighted by molar-refractivity contribution is 5.73. The van der Waals surface area contributed by atoms with Crippen LogP contribution in [0.15, 0.2) is 61.2 Å². The Hall–Kier alpha value is -4.11. The fourth-order valence-corrected chi connectivity index (χ4v) is 4.46. The summed E-state index contributed by atoms with van der Waals surface area (Å²) in [6.45, 7) is 4.03. The zero-order valence-corrected chi connectivity index (χ0v) is 21.0. The molecule has 1 aliphatic rings. The van der Waals surface area contributed by atoms with Crippen LogP contribution in [0.2, 0.25) is 0 Å². The summed E-state index contributed by atoms with van der Waals surface area (Å²) >= 11 is 0. The van der Waals surface area contributed by atoms with Crippen LogP contribution >= 0.6 is 0 Å². The van der Waals surface area contributed by atoms with Gasteiger partial charge < -0.3 is 19.9 Å². The molecule has 4 aromatic rings. The molecule has 1 N–H and O–H groups in total. The molecule has 0 spiro atoms. The van der Waals surface area contributed by atoms with Crippen molar-refractivity contribution in [1.29, 1.82) is 0 Å². The molecule has 9 heteroatoms. The number of benzene rings is 1. The van der Waals surface area contributed by atoms with Crippen molar-refractivity contribution in [2.45, 2.75) is 19.4 Å². The lowest BCUT2D eigenvalue weighted by molar-refractivity contribution is 0.315. The minimum Gasteiger partial charge on any atom is -0.480 e. The Bertz CT molecular complexity index is 1340. The smallest absolute Gasteiger partial charge is 0.230 e. The van der Waals surface area contributed by atoms with Crippen LogP contribution in [0, 0.1) is 6.92 Å². The zero-order valence-electron chi connectivity index (χ0n) is 21.0. The molecule has 184 valence electrons. The van der Waals surface area contributed by atoms with Gasteiger partial charge in [-0.1, -0.05) is 24.3 Å². The van der Waals surface area contributed by atoms with Crippen molar-refractivity contribution >= 4 is 17.3 Å². The van der Waals surface area contributed by atoms with Gasteiger partial charge in [-0.15, -0.1) is 0 Å². The van der Waals surface area contributed by atoms with Gasteiger partial charge in [0.25, 0.3) is 0 Å². The number of aromatic nitrogens is 5. The molecule has 36 heavy (non-hydrogen) atoms. The molecule has 1 aromatic carbocycles. The third kappa shape index (κ3) is 4.96. The Morgan fingerprint density at radius 2 is 1.86 bits per heavy atom. The number of methoxy groups -OCH3 is 1. The first kappa shape index (κ1) is 23.6. The topological polar surface area (TPSA) is 92.2 Å². The number of rotatable bonds is 7. The molecule has 9 nitrogen and oxygen atoms in total. The van der Waals surface area contributed by atoms with Crippen molar-refractivity contribution in [2.24, 2.45) is 0 Å². The minimum absolute atomic E-state index is 0.453. The van der Waals surface area contributed by atoms with E-state index < -0.39 is 0 Å². The van der Waals surface area contributed by atoms with Gasteiger partial charge in [0.15, 0.2) is 0 Å². The van der Waals surface area contributed by atoms with Gasteiger partial charge in [-0.2, -0.15) is 15.2 Å². The maximum absolute atomic E-state index is 5.61. The molecule has 3 aromatic heterocycles. The van der Waals surface area contributed by atoms with Crippen LogP contribution in [0.3, 0.4) is 0 Å². The number of aryl methyl sites for hydroxylation is 1. The minimum atomic E-state index is 0.453. The number of ether oxygens (including phenoxy) is 1. The third-order valence-electron chi connectivity index (χ3n) is 6.58. The predicted octanol–water partition coefficient (Wildman–Crippen LogP) is 4.20. The predicted molar refractivity (Wildman–Crippen MR) is 142 cm³/mol. The summed E-state index contributed by atoms with van der Waals surface area (Å²) in [7, 11) is 5.88. The van der Waals surface area contributed by atoms with Gasteiger partial charge in [0.05, 0.1) is 42.1 Å². The van der Waals surface area contributed by atoms with Crippen molar-refractivity contribution in [2.75, 3.05) is 44.5 Å². The highest BCUT2D eigenvalue weighted by atomic mass is 16.5. The van der Waals surface area contributed by atoms with Crippen molar-refractivity contribution in [3.05, 3.63) is 66.7 Å². The zero-order chi connectivity index (χ0) is 25.1. The second kappa shape index (κ2) is 10.2. The van der Waals surface area contributed by atoms with E-state index in [0.717, 1.165) is 58.8 Å². The van der Waals surface area contributed by atoms with Gasteiger partial charge in [-0.25, -0.2) is 4.98 Å². The van der Waals surface area contributed by atoms with E-state index in [1.165, 1.54) is 0 Å². The van der Waals surface area contributed by atoms with E-state index in [9.17, 15) is 0 Å². The third-order valence-corrected chi connectivity index (χ3v) is 6.58. The van der Waals surface area contributed by atoms with Crippen LogP contribution in [-0.4, -0.2) is 70.4 Å². The van der Waals surface area contributed by atoms with E-state index in [-0.39, 0.29) is 0 Å². The number of anilines is 3. The van der Waals surface area contributed by atoms with Gasteiger partial charge in [-0.05, 0) is 50.7 Å². The molecule has 1 aliphatic heterocycles. The van der Waals surface area contributed by atoms with Gasteiger partial charge in [0.2, 0.25) is 11.8 Å². The van der Waals surface area contributed by atoms with E-state index in [2.05, 4.69) is 60.4 Å². The summed E-state index contributed by atoms with van der Waals surface area (Å²) in [6.07, 6.45) is 8.30. The maximum atomic E-state index is 5.61. The van der Waals surface area contributed by atoms with E-state index in [1.54, 1.807) is 25.7 Å². The van der Waals surface area contributed by atoms with E-state index in [0.29, 0.717) is 17.9 Å².